The van der Waals surface area contributed by atoms with Crippen LogP contribution in [0.4, 0.5) is 18.9 Å². The first-order valence-corrected chi connectivity index (χ1v) is 11.3. The SMILES string of the molecule is COc1ccc(OC)c([C@@H](C)NC(=O)[C@H](C)N(c2cccc(C(F)(F)F)c2)S(C)(=O)=O)c1. The summed E-state index contributed by atoms with van der Waals surface area (Å²) in [6, 6.07) is 6.87. The molecule has 0 aromatic heterocycles. The van der Waals surface area contributed by atoms with Crippen molar-refractivity contribution in [2.75, 3.05) is 24.8 Å². The summed E-state index contributed by atoms with van der Waals surface area (Å²) in [5.41, 5.74) is -0.709. The zero-order valence-electron chi connectivity index (χ0n) is 18.2. The molecule has 2 aromatic rings. The first-order chi connectivity index (χ1) is 14.8. The third-order valence-corrected chi connectivity index (χ3v) is 6.02. The Morgan fingerprint density at radius 3 is 2.25 bits per heavy atom. The normalized spacial score (nSPS) is 13.8. The number of ether oxygens (including phenoxy) is 2. The van der Waals surface area contributed by atoms with Gasteiger partial charge in [-0.3, -0.25) is 9.10 Å². The monoisotopic (exact) mass is 474 g/mol. The van der Waals surface area contributed by atoms with Crippen molar-refractivity contribution in [2.45, 2.75) is 32.1 Å². The second kappa shape index (κ2) is 9.68. The molecule has 2 aromatic carbocycles. The highest BCUT2D eigenvalue weighted by Crippen LogP contribution is 2.33. The molecule has 2 rings (SSSR count). The van der Waals surface area contributed by atoms with E-state index in [1.54, 1.807) is 25.1 Å². The number of hydrogen-bond acceptors (Lipinski definition) is 5. The molecule has 1 N–H and O–H groups in total. The summed E-state index contributed by atoms with van der Waals surface area (Å²) < 4.78 is 75.3. The van der Waals surface area contributed by atoms with Gasteiger partial charge in [-0.2, -0.15) is 13.2 Å². The minimum atomic E-state index is -4.66. The molecule has 0 aliphatic heterocycles. The summed E-state index contributed by atoms with van der Waals surface area (Å²) >= 11 is 0. The van der Waals surface area contributed by atoms with Gasteiger partial charge in [0.05, 0.1) is 37.8 Å². The zero-order valence-corrected chi connectivity index (χ0v) is 19.0. The van der Waals surface area contributed by atoms with E-state index in [0.717, 1.165) is 18.4 Å². The third-order valence-electron chi connectivity index (χ3n) is 4.78. The fraction of sp³-hybridized carbons (Fsp3) is 0.381. The van der Waals surface area contributed by atoms with Crippen molar-refractivity contribution in [3.05, 3.63) is 53.6 Å². The Hall–Kier alpha value is -2.95. The number of hydrogen-bond donors (Lipinski definition) is 1. The third kappa shape index (κ3) is 5.84. The van der Waals surface area contributed by atoms with E-state index < -0.39 is 39.8 Å². The molecule has 0 radical (unpaired) electrons. The summed E-state index contributed by atoms with van der Waals surface area (Å²) in [6.45, 7) is 2.96. The van der Waals surface area contributed by atoms with Gasteiger partial charge in [0, 0.05) is 5.56 Å². The van der Waals surface area contributed by atoms with Crippen LogP contribution < -0.4 is 19.1 Å². The molecular formula is C21H25F3N2O5S. The van der Waals surface area contributed by atoms with Crippen LogP contribution in [0.25, 0.3) is 0 Å². The second-order valence-corrected chi connectivity index (χ2v) is 8.98. The van der Waals surface area contributed by atoms with Crippen LogP contribution in [-0.2, 0) is 21.0 Å². The van der Waals surface area contributed by atoms with E-state index in [2.05, 4.69) is 5.32 Å². The summed E-state index contributed by atoms with van der Waals surface area (Å²) in [5, 5.41) is 2.69. The van der Waals surface area contributed by atoms with Gasteiger partial charge in [-0.25, -0.2) is 8.42 Å². The molecule has 0 fully saturated rings. The number of nitrogens with one attached hydrogen (secondary N) is 1. The number of halogens is 3. The van der Waals surface area contributed by atoms with Gasteiger partial charge in [0.1, 0.15) is 17.5 Å². The molecule has 0 saturated carbocycles. The van der Waals surface area contributed by atoms with Crippen LogP contribution >= 0.6 is 0 Å². The van der Waals surface area contributed by atoms with Crippen LogP contribution in [-0.4, -0.2) is 40.8 Å². The predicted octanol–water partition coefficient (Wildman–Crippen LogP) is 3.75. The minimum absolute atomic E-state index is 0.267. The van der Waals surface area contributed by atoms with E-state index >= 15 is 0 Å². The van der Waals surface area contributed by atoms with Gasteiger partial charge < -0.3 is 14.8 Å². The number of alkyl halides is 3. The van der Waals surface area contributed by atoms with E-state index in [1.165, 1.54) is 27.2 Å². The number of benzene rings is 2. The largest absolute Gasteiger partial charge is 0.497 e. The number of rotatable bonds is 8. The average molecular weight is 475 g/mol. The molecule has 0 bridgehead atoms. The molecule has 0 unspecified atom stereocenters. The molecule has 7 nitrogen and oxygen atoms in total. The molecule has 0 spiro atoms. The Kier molecular flexibility index (Phi) is 7.66. The van der Waals surface area contributed by atoms with Gasteiger partial charge in [0.15, 0.2) is 0 Å². The van der Waals surface area contributed by atoms with Crippen molar-refractivity contribution >= 4 is 21.6 Å². The van der Waals surface area contributed by atoms with Crippen LogP contribution in [0.15, 0.2) is 42.5 Å². The Bertz CT molecular complexity index is 1070. The maximum absolute atomic E-state index is 13.1. The first-order valence-electron chi connectivity index (χ1n) is 9.48. The van der Waals surface area contributed by atoms with Gasteiger partial charge in [-0.05, 0) is 50.2 Å². The molecule has 0 heterocycles. The standard InChI is InChI=1S/C21H25F3N2O5S/c1-13(18-12-17(30-3)9-10-19(18)31-4)25-20(27)14(2)26(32(5,28)29)16-8-6-7-15(11-16)21(22,23)24/h6-14H,1-5H3,(H,25,27)/t13-,14+/m1/s1. The molecule has 0 aliphatic rings. The smallest absolute Gasteiger partial charge is 0.416 e. The Balaban J connectivity index is 2.36. The number of amides is 1. The van der Waals surface area contributed by atoms with Crippen LogP contribution in [0.2, 0.25) is 0 Å². The lowest BCUT2D eigenvalue weighted by Crippen LogP contribution is -2.48. The maximum Gasteiger partial charge on any atom is 0.416 e. The molecule has 0 saturated heterocycles. The Morgan fingerprint density at radius 1 is 1.06 bits per heavy atom. The second-order valence-electron chi connectivity index (χ2n) is 7.12. The van der Waals surface area contributed by atoms with Crippen LogP contribution in [0.5, 0.6) is 11.5 Å². The van der Waals surface area contributed by atoms with E-state index in [9.17, 15) is 26.4 Å². The molecule has 32 heavy (non-hydrogen) atoms. The predicted molar refractivity (Wildman–Crippen MR) is 114 cm³/mol. The summed E-state index contributed by atoms with van der Waals surface area (Å²) in [7, 11) is -1.15. The minimum Gasteiger partial charge on any atom is -0.497 e. The average Bonchev–Trinajstić information content (AvgIpc) is 2.71. The Morgan fingerprint density at radius 2 is 1.72 bits per heavy atom. The Labute approximate surface area is 185 Å². The number of carbonyl (C=O) groups excluding carboxylic acids is 1. The molecular weight excluding hydrogens is 449 g/mol. The van der Waals surface area contributed by atoms with Crippen molar-refractivity contribution < 1.29 is 35.9 Å². The summed E-state index contributed by atoms with van der Waals surface area (Å²) in [6.07, 6.45) is -3.84. The van der Waals surface area contributed by atoms with E-state index in [-0.39, 0.29) is 5.69 Å². The van der Waals surface area contributed by atoms with Gasteiger partial charge in [0.2, 0.25) is 15.9 Å². The van der Waals surface area contributed by atoms with Gasteiger partial charge in [-0.1, -0.05) is 6.07 Å². The highest BCUT2D eigenvalue weighted by Gasteiger charge is 2.34. The quantitative estimate of drug-likeness (QED) is 0.630. The van der Waals surface area contributed by atoms with Gasteiger partial charge in [-0.15, -0.1) is 0 Å². The van der Waals surface area contributed by atoms with Crippen LogP contribution in [0.1, 0.15) is 31.0 Å². The van der Waals surface area contributed by atoms with Crippen molar-refractivity contribution in [2.24, 2.45) is 0 Å². The van der Waals surface area contributed by atoms with Gasteiger partial charge in [0.25, 0.3) is 0 Å². The van der Waals surface area contributed by atoms with Crippen molar-refractivity contribution in [3.63, 3.8) is 0 Å². The number of anilines is 1. The van der Waals surface area contributed by atoms with E-state index in [0.29, 0.717) is 27.4 Å². The lowest BCUT2D eigenvalue weighted by atomic mass is 10.1. The van der Waals surface area contributed by atoms with Crippen molar-refractivity contribution in [1.82, 2.24) is 5.32 Å². The highest BCUT2D eigenvalue weighted by atomic mass is 32.2. The van der Waals surface area contributed by atoms with E-state index in [4.69, 9.17) is 9.47 Å². The van der Waals surface area contributed by atoms with Crippen molar-refractivity contribution in [1.29, 1.82) is 0 Å². The molecule has 11 heteroatoms. The number of sulfonamides is 1. The molecule has 1 amide bonds. The topological polar surface area (TPSA) is 84.9 Å². The maximum atomic E-state index is 13.1. The first kappa shape index (κ1) is 25.3. The summed E-state index contributed by atoms with van der Waals surface area (Å²) in [4.78, 5) is 12.9. The fourth-order valence-electron chi connectivity index (χ4n) is 3.22. The summed E-state index contributed by atoms with van der Waals surface area (Å²) in [5.74, 6) is 0.297. The van der Waals surface area contributed by atoms with Crippen LogP contribution in [0, 0.1) is 0 Å². The fourth-order valence-corrected chi connectivity index (χ4v) is 4.38. The zero-order chi connectivity index (χ0) is 24.3. The van der Waals surface area contributed by atoms with E-state index in [1.807, 2.05) is 0 Å². The highest BCUT2D eigenvalue weighted by molar-refractivity contribution is 7.92. The molecule has 0 aliphatic carbocycles. The number of carbonyl (C=O) groups is 1. The van der Waals surface area contributed by atoms with Crippen LogP contribution in [0.3, 0.4) is 0 Å². The lowest BCUT2D eigenvalue weighted by molar-refractivity contribution is -0.137. The van der Waals surface area contributed by atoms with Gasteiger partial charge >= 0.3 is 6.18 Å². The lowest BCUT2D eigenvalue weighted by Gasteiger charge is -2.30. The molecule has 176 valence electrons. The van der Waals surface area contributed by atoms with Crippen molar-refractivity contribution in [3.8, 4) is 11.5 Å². The number of nitrogens with zero attached hydrogens (tertiary/aromatic N) is 1. The number of methoxy groups -OCH3 is 2. The molecule has 2 atom stereocenters.